The molecule has 0 aliphatic rings. The maximum atomic E-state index is 14.4. The van der Waals surface area contributed by atoms with Gasteiger partial charge in [-0.3, -0.25) is 0 Å². The Morgan fingerprint density at radius 2 is 0.818 bits per heavy atom. The van der Waals surface area contributed by atoms with E-state index in [-0.39, 0.29) is 10.8 Å². The predicted molar refractivity (Wildman–Crippen MR) is 70.7 cm³/mol. The van der Waals surface area contributed by atoms with Crippen LogP contribution >= 0.6 is 0 Å². The third kappa shape index (κ3) is 1.73. The normalized spacial score (nSPS) is 11.6. The summed E-state index contributed by atoms with van der Waals surface area (Å²) in [6.07, 6.45) is 0. The van der Waals surface area contributed by atoms with Gasteiger partial charge in [0.25, 0.3) is 0 Å². The van der Waals surface area contributed by atoms with Gasteiger partial charge in [-0.25, -0.2) is 26.3 Å². The molecule has 0 atom stereocenters. The molecule has 3 aromatic carbocycles. The highest BCUT2D eigenvalue weighted by molar-refractivity contribution is 6.01. The molecule has 0 heterocycles. The van der Waals surface area contributed by atoms with Crippen LogP contribution < -0.4 is 0 Å². The summed E-state index contributed by atoms with van der Waals surface area (Å²) in [5, 5.41) is -3.11. The summed E-state index contributed by atoms with van der Waals surface area (Å²) in [5.41, 5.74) is 1.18. The fraction of sp³-hybridized carbons (Fsp3) is 0.125. The van der Waals surface area contributed by atoms with Crippen molar-refractivity contribution in [3.8, 4) is 0 Å². The number of rotatable bonds is 0. The topological polar surface area (TPSA) is 0 Å². The molecule has 0 saturated heterocycles. The highest BCUT2D eigenvalue weighted by atomic mass is 19.2. The maximum Gasteiger partial charge on any atom is 0.198 e. The average molecular weight is 314 g/mol. The fourth-order valence-electron chi connectivity index (χ4n) is 2.49. The second-order valence-electron chi connectivity index (χ2n) is 5.12. The first kappa shape index (κ1) is 14.7. The van der Waals surface area contributed by atoms with E-state index in [0.717, 1.165) is 0 Å². The van der Waals surface area contributed by atoms with Crippen molar-refractivity contribution in [3.05, 3.63) is 58.2 Å². The van der Waals surface area contributed by atoms with E-state index in [2.05, 4.69) is 0 Å². The molecule has 0 aromatic heterocycles. The lowest BCUT2D eigenvalue weighted by Gasteiger charge is -2.12. The standard InChI is InChI=1S/C16H8F6/c1-5-3-7-8(4-6(5)2)12(18)10-9(11(7)17)13(19)15(21)16(22)14(10)20/h3-4H,1-2H3. The van der Waals surface area contributed by atoms with Crippen LogP contribution in [-0.2, 0) is 0 Å². The number of hydrogen-bond acceptors (Lipinski definition) is 0. The van der Waals surface area contributed by atoms with Crippen molar-refractivity contribution in [3.63, 3.8) is 0 Å². The lowest BCUT2D eigenvalue weighted by molar-refractivity contribution is 0.415. The second kappa shape index (κ2) is 4.63. The van der Waals surface area contributed by atoms with Gasteiger partial charge in [-0.1, -0.05) is 0 Å². The molecule has 0 spiro atoms. The quantitative estimate of drug-likeness (QED) is 0.224. The Kier molecular flexibility index (Phi) is 3.09. The molecule has 0 saturated carbocycles. The van der Waals surface area contributed by atoms with Crippen LogP contribution in [0.1, 0.15) is 11.1 Å². The minimum absolute atomic E-state index is 0.322. The highest BCUT2D eigenvalue weighted by Crippen LogP contribution is 2.37. The molecule has 114 valence electrons. The van der Waals surface area contributed by atoms with Gasteiger partial charge < -0.3 is 0 Å². The van der Waals surface area contributed by atoms with E-state index in [1.807, 2.05) is 0 Å². The fourth-order valence-corrected chi connectivity index (χ4v) is 2.49. The lowest BCUT2D eigenvalue weighted by Crippen LogP contribution is -2.03. The molecule has 0 aliphatic carbocycles. The summed E-state index contributed by atoms with van der Waals surface area (Å²) in [4.78, 5) is 0. The van der Waals surface area contributed by atoms with Crippen molar-refractivity contribution in [2.75, 3.05) is 0 Å². The van der Waals surface area contributed by atoms with E-state index in [1.165, 1.54) is 12.1 Å². The number of halogens is 6. The van der Waals surface area contributed by atoms with Crippen LogP contribution in [0.3, 0.4) is 0 Å². The number of hydrogen-bond donors (Lipinski definition) is 0. The van der Waals surface area contributed by atoms with E-state index in [4.69, 9.17) is 0 Å². The number of fused-ring (bicyclic) bond motifs is 2. The number of aryl methyl sites for hydroxylation is 2. The van der Waals surface area contributed by atoms with Gasteiger partial charge in [0.05, 0.1) is 10.8 Å². The van der Waals surface area contributed by atoms with Crippen LogP contribution in [0.15, 0.2) is 12.1 Å². The first-order valence-corrected chi connectivity index (χ1v) is 6.29. The Morgan fingerprint density at radius 3 is 1.14 bits per heavy atom. The molecular formula is C16H8F6. The largest absolute Gasteiger partial charge is 0.206 e. The Bertz CT molecular complexity index is 881. The zero-order valence-corrected chi connectivity index (χ0v) is 11.4. The smallest absolute Gasteiger partial charge is 0.198 e. The van der Waals surface area contributed by atoms with Crippen LogP contribution in [0.2, 0.25) is 0 Å². The summed E-state index contributed by atoms with van der Waals surface area (Å²) >= 11 is 0. The second-order valence-corrected chi connectivity index (χ2v) is 5.12. The zero-order chi connectivity index (χ0) is 16.3. The van der Waals surface area contributed by atoms with Crippen molar-refractivity contribution >= 4 is 21.5 Å². The summed E-state index contributed by atoms with van der Waals surface area (Å²) in [6, 6.07) is 2.50. The molecule has 0 unspecified atom stereocenters. The summed E-state index contributed by atoms with van der Waals surface area (Å²) in [5.74, 6) is -10.9. The monoisotopic (exact) mass is 314 g/mol. The van der Waals surface area contributed by atoms with Gasteiger partial charge in [0.1, 0.15) is 11.6 Å². The third-order valence-electron chi connectivity index (χ3n) is 3.81. The molecular weight excluding hydrogens is 306 g/mol. The van der Waals surface area contributed by atoms with Crippen LogP contribution in [0.4, 0.5) is 26.3 Å². The zero-order valence-electron chi connectivity index (χ0n) is 11.4. The molecule has 0 amide bonds. The molecule has 0 aliphatic heterocycles. The van der Waals surface area contributed by atoms with Gasteiger partial charge in [0.15, 0.2) is 23.3 Å². The van der Waals surface area contributed by atoms with E-state index in [1.54, 1.807) is 13.8 Å². The minimum atomic E-state index is -2.17. The van der Waals surface area contributed by atoms with E-state index >= 15 is 0 Å². The highest BCUT2D eigenvalue weighted by Gasteiger charge is 2.27. The van der Waals surface area contributed by atoms with Gasteiger partial charge in [-0.15, -0.1) is 0 Å². The molecule has 3 aromatic rings. The van der Waals surface area contributed by atoms with E-state index in [0.29, 0.717) is 11.1 Å². The Hall–Kier alpha value is -2.24. The van der Waals surface area contributed by atoms with Gasteiger partial charge >= 0.3 is 0 Å². The minimum Gasteiger partial charge on any atom is -0.206 e. The predicted octanol–water partition coefficient (Wildman–Crippen LogP) is 5.44. The van der Waals surface area contributed by atoms with Crippen LogP contribution in [0, 0.1) is 48.8 Å². The van der Waals surface area contributed by atoms with Gasteiger partial charge in [0.2, 0.25) is 0 Å². The van der Waals surface area contributed by atoms with Crippen molar-refractivity contribution in [1.82, 2.24) is 0 Å². The van der Waals surface area contributed by atoms with Crippen molar-refractivity contribution in [2.24, 2.45) is 0 Å². The average Bonchev–Trinajstić information content (AvgIpc) is 2.48. The molecule has 22 heavy (non-hydrogen) atoms. The number of benzene rings is 3. The molecule has 0 fully saturated rings. The molecule has 3 rings (SSSR count). The first-order valence-electron chi connectivity index (χ1n) is 6.29. The molecule has 0 bridgehead atoms. The van der Waals surface area contributed by atoms with E-state index in [9.17, 15) is 26.3 Å². The maximum absolute atomic E-state index is 14.4. The Labute approximate surface area is 121 Å². The van der Waals surface area contributed by atoms with Gasteiger partial charge in [-0.05, 0) is 37.1 Å². The molecule has 0 radical (unpaired) electrons. The van der Waals surface area contributed by atoms with Gasteiger partial charge in [0, 0.05) is 10.8 Å². The van der Waals surface area contributed by atoms with Crippen LogP contribution in [0.5, 0.6) is 0 Å². The first-order chi connectivity index (χ1) is 10.3. The van der Waals surface area contributed by atoms with Gasteiger partial charge in [-0.2, -0.15) is 0 Å². The molecule has 0 nitrogen and oxygen atoms in total. The summed E-state index contributed by atoms with van der Waals surface area (Å²) in [7, 11) is 0. The SMILES string of the molecule is Cc1cc2c(F)c3c(F)c(F)c(F)c(F)c3c(F)c2cc1C. The van der Waals surface area contributed by atoms with Crippen LogP contribution in [0.25, 0.3) is 21.5 Å². The van der Waals surface area contributed by atoms with Crippen molar-refractivity contribution < 1.29 is 26.3 Å². The summed E-state index contributed by atoms with van der Waals surface area (Å²) in [6.45, 7) is 3.25. The molecule has 0 N–H and O–H groups in total. The third-order valence-corrected chi connectivity index (χ3v) is 3.81. The summed E-state index contributed by atoms with van der Waals surface area (Å²) < 4.78 is 83.1. The van der Waals surface area contributed by atoms with Crippen molar-refractivity contribution in [1.29, 1.82) is 0 Å². The Morgan fingerprint density at radius 1 is 0.500 bits per heavy atom. The Balaban J connectivity index is 2.72. The van der Waals surface area contributed by atoms with E-state index < -0.39 is 45.7 Å². The van der Waals surface area contributed by atoms with Crippen molar-refractivity contribution in [2.45, 2.75) is 13.8 Å². The van der Waals surface area contributed by atoms with Crippen LogP contribution in [-0.4, -0.2) is 0 Å². The lowest BCUT2D eigenvalue weighted by atomic mass is 9.97. The molecule has 6 heteroatoms.